The van der Waals surface area contributed by atoms with Gasteiger partial charge in [-0.1, -0.05) is 31.1 Å². The quantitative estimate of drug-likeness (QED) is 0.557. The molecule has 0 bridgehead atoms. The maximum Gasteiger partial charge on any atom is 0.293 e. The van der Waals surface area contributed by atoms with Crippen LogP contribution in [0.2, 0.25) is 0 Å². The predicted octanol–water partition coefficient (Wildman–Crippen LogP) is 4.02. The van der Waals surface area contributed by atoms with E-state index in [0.717, 1.165) is 18.8 Å². The van der Waals surface area contributed by atoms with E-state index in [0.29, 0.717) is 18.5 Å². The van der Waals surface area contributed by atoms with Gasteiger partial charge in [-0.3, -0.25) is 4.79 Å². The van der Waals surface area contributed by atoms with Gasteiger partial charge in [0.2, 0.25) is 0 Å². The second-order valence-corrected chi connectivity index (χ2v) is 6.09. The molecule has 2 aliphatic rings. The van der Waals surface area contributed by atoms with Gasteiger partial charge in [-0.2, -0.15) is 0 Å². The lowest BCUT2D eigenvalue weighted by Gasteiger charge is -2.45. The molecule has 2 atom stereocenters. The summed E-state index contributed by atoms with van der Waals surface area (Å²) in [6, 6.07) is 0. The van der Waals surface area contributed by atoms with Gasteiger partial charge in [-0.05, 0) is 55.9 Å². The molecule has 1 fully saturated rings. The molecule has 0 spiro atoms. The minimum Gasteiger partial charge on any atom is -0.463 e. The minimum absolute atomic E-state index is 0.342. The first-order valence-electron chi connectivity index (χ1n) is 7.00. The number of fused-ring (bicyclic) bond motifs is 1. The van der Waals surface area contributed by atoms with Crippen LogP contribution in [-0.2, 0) is 9.53 Å². The van der Waals surface area contributed by atoms with Crippen LogP contribution >= 0.6 is 0 Å². The minimum atomic E-state index is 0.342. The summed E-state index contributed by atoms with van der Waals surface area (Å²) in [7, 11) is 0. The normalized spacial score (nSPS) is 34.4. The van der Waals surface area contributed by atoms with Crippen LogP contribution < -0.4 is 0 Å². The molecule has 18 heavy (non-hydrogen) atoms. The Morgan fingerprint density at radius 2 is 2.33 bits per heavy atom. The smallest absolute Gasteiger partial charge is 0.293 e. The fourth-order valence-corrected chi connectivity index (χ4v) is 3.49. The summed E-state index contributed by atoms with van der Waals surface area (Å²) >= 11 is 0. The maximum absolute atomic E-state index is 10.3. The van der Waals surface area contributed by atoms with Crippen LogP contribution in [0, 0.1) is 11.3 Å². The second kappa shape index (κ2) is 5.29. The van der Waals surface area contributed by atoms with Crippen molar-refractivity contribution >= 4 is 6.47 Å². The summed E-state index contributed by atoms with van der Waals surface area (Å²) in [6.07, 6.45) is 8.49. The first-order valence-corrected chi connectivity index (χ1v) is 7.00. The van der Waals surface area contributed by atoms with Crippen molar-refractivity contribution in [3.8, 4) is 0 Å². The van der Waals surface area contributed by atoms with Crippen LogP contribution in [0.4, 0.5) is 0 Å². The van der Waals surface area contributed by atoms with Crippen molar-refractivity contribution in [3.05, 3.63) is 22.8 Å². The van der Waals surface area contributed by atoms with Crippen LogP contribution in [0.5, 0.6) is 0 Å². The number of hydrogen-bond donors (Lipinski definition) is 0. The fraction of sp³-hybridized carbons (Fsp3) is 0.688. The van der Waals surface area contributed by atoms with E-state index in [9.17, 15) is 4.79 Å². The van der Waals surface area contributed by atoms with Crippen LogP contribution in [0.25, 0.3) is 0 Å². The number of ether oxygens (including phenoxy) is 1. The van der Waals surface area contributed by atoms with Gasteiger partial charge >= 0.3 is 0 Å². The van der Waals surface area contributed by atoms with E-state index in [2.05, 4.69) is 26.8 Å². The Labute approximate surface area is 110 Å². The Kier molecular flexibility index (Phi) is 3.94. The third-order valence-electron chi connectivity index (χ3n) is 5.06. The molecular weight excluding hydrogens is 224 g/mol. The molecule has 2 rings (SSSR count). The highest BCUT2D eigenvalue weighted by Crippen LogP contribution is 2.52. The average Bonchev–Trinajstić information content (AvgIpc) is 2.37. The van der Waals surface area contributed by atoms with Crippen molar-refractivity contribution < 1.29 is 9.53 Å². The molecule has 0 saturated heterocycles. The molecule has 100 valence electrons. The molecular formula is C16H24O2. The molecule has 2 nitrogen and oxygen atoms in total. The second-order valence-electron chi connectivity index (χ2n) is 6.09. The van der Waals surface area contributed by atoms with Gasteiger partial charge in [0.05, 0.1) is 0 Å². The van der Waals surface area contributed by atoms with Gasteiger partial charge in [-0.25, -0.2) is 0 Å². The first kappa shape index (κ1) is 13.4. The Hall–Kier alpha value is -1.05. The molecule has 0 aromatic rings. The van der Waals surface area contributed by atoms with E-state index in [4.69, 9.17) is 4.74 Å². The molecule has 0 N–H and O–H groups in total. The van der Waals surface area contributed by atoms with Gasteiger partial charge in [0, 0.05) is 0 Å². The standard InChI is InChI=1S/C16H24O2/c1-12(10-18-11-17)14-7-8-15-6-4-5-13(2)16(15,3)9-14/h6,11,13H,4-5,7-10H2,1-3H3/b14-12+/t13-,16+/m1/s1. The van der Waals surface area contributed by atoms with Crippen molar-refractivity contribution in [2.24, 2.45) is 11.3 Å². The lowest BCUT2D eigenvalue weighted by Crippen LogP contribution is -2.34. The third kappa shape index (κ3) is 2.38. The van der Waals surface area contributed by atoms with Crippen molar-refractivity contribution in [1.82, 2.24) is 0 Å². The lowest BCUT2D eigenvalue weighted by molar-refractivity contribution is -0.127. The van der Waals surface area contributed by atoms with Crippen molar-refractivity contribution in [3.63, 3.8) is 0 Å². The molecule has 0 heterocycles. The molecule has 2 aliphatic carbocycles. The number of rotatable bonds is 3. The first-order chi connectivity index (χ1) is 8.58. The maximum atomic E-state index is 10.3. The zero-order chi connectivity index (χ0) is 13.2. The van der Waals surface area contributed by atoms with Gasteiger partial charge in [0.15, 0.2) is 0 Å². The number of carbonyl (C=O) groups is 1. The summed E-state index contributed by atoms with van der Waals surface area (Å²) in [5, 5.41) is 0. The molecule has 1 saturated carbocycles. The highest BCUT2D eigenvalue weighted by atomic mass is 16.5. The van der Waals surface area contributed by atoms with E-state index >= 15 is 0 Å². The Bertz CT molecular complexity index is 392. The van der Waals surface area contributed by atoms with Gasteiger partial charge < -0.3 is 4.74 Å². The molecule has 0 aliphatic heterocycles. The van der Waals surface area contributed by atoms with Gasteiger partial charge in [0.1, 0.15) is 6.61 Å². The van der Waals surface area contributed by atoms with E-state index in [1.165, 1.54) is 30.4 Å². The number of carbonyl (C=O) groups excluding carboxylic acids is 1. The highest BCUT2D eigenvalue weighted by molar-refractivity contribution is 5.38. The summed E-state index contributed by atoms with van der Waals surface area (Å²) < 4.78 is 4.89. The van der Waals surface area contributed by atoms with Crippen molar-refractivity contribution in [1.29, 1.82) is 0 Å². The summed E-state index contributed by atoms with van der Waals surface area (Å²) in [6.45, 7) is 7.90. The molecule has 0 amide bonds. The summed E-state index contributed by atoms with van der Waals surface area (Å²) in [5.74, 6) is 0.757. The molecule has 2 heteroatoms. The van der Waals surface area contributed by atoms with Crippen LogP contribution in [0.3, 0.4) is 0 Å². The SMILES string of the molecule is C/C(COC=O)=C1/CCC2=CCC[C@@H](C)[C@]2(C)C1. The lowest BCUT2D eigenvalue weighted by atomic mass is 9.59. The summed E-state index contributed by atoms with van der Waals surface area (Å²) in [4.78, 5) is 10.3. The average molecular weight is 248 g/mol. The van der Waals surface area contributed by atoms with Crippen molar-refractivity contribution in [2.45, 2.75) is 52.9 Å². The Morgan fingerprint density at radius 3 is 3.06 bits per heavy atom. The van der Waals surface area contributed by atoms with Crippen LogP contribution in [0.15, 0.2) is 22.8 Å². The Morgan fingerprint density at radius 1 is 1.56 bits per heavy atom. The zero-order valence-corrected chi connectivity index (χ0v) is 11.8. The monoisotopic (exact) mass is 248 g/mol. The topological polar surface area (TPSA) is 26.3 Å². The Balaban J connectivity index is 2.19. The van der Waals surface area contributed by atoms with Crippen LogP contribution in [-0.4, -0.2) is 13.1 Å². The number of hydrogen-bond acceptors (Lipinski definition) is 2. The third-order valence-corrected chi connectivity index (χ3v) is 5.06. The van der Waals surface area contributed by atoms with Gasteiger partial charge in [0.25, 0.3) is 6.47 Å². The molecule has 0 aromatic heterocycles. The highest BCUT2D eigenvalue weighted by Gasteiger charge is 2.40. The van der Waals surface area contributed by atoms with E-state index in [1.807, 2.05) is 0 Å². The van der Waals surface area contributed by atoms with E-state index in [1.54, 1.807) is 5.57 Å². The van der Waals surface area contributed by atoms with Crippen LogP contribution in [0.1, 0.15) is 52.9 Å². The largest absolute Gasteiger partial charge is 0.463 e. The van der Waals surface area contributed by atoms with E-state index in [-0.39, 0.29) is 0 Å². The predicted molar refractivity (Wildman–Crippen MR) is 73.2 cm³/mol. The van der Waals surface area contributed by atoms with Gasteiger partial charge in [-0.15, -0.1) is 0 Å². The zero-order valence-electron chi connectivity index (χ0n) is 11.8. The summed E-state index contributed by atoms with van der Waals surface area (Å²) in [5.41, 5.74) is 4.76. The van der Waals surface area contributed by atoms with E-state index < -0.39 is 0 Å². The van der Waals surface area contributed by atoms with Crippen molar-refractivity contribution in [2.75, 3.05) is 6.61 Å². The molecule has 0 aromatic carbocycles. The molecule has 0 radical (unpaired) electrons. The fourth-order valence-electron chi connectivity index (χ4n) is 3.49. The number of allylic oxidation sites excluding steroid dienone is 3. The molecule has 0 unspecified atom stereocenters.